The molecule has 0 spiro atoms. The molecule has 0 N–H and O–H groups in total. The molecule has 0 radical (unpaired) electrons. The van der Waals surface area contributed by atoms with Crippen molar-refractivity contribution in [1.82, 2.24) is 0 Å². The Hall–Kier alpha value is -1.63. The second-order valence-electron chi connectivity index (χ2n) is 5.20. The van der Waals surface area contributed by atoms with Crippen molar-refractivity contribution >= 4 is 6.79 Å². The average Bonchev–Trinajstić information content (AvgIpc) is 2.39. The Morgan fingerprint density at radius 3 is 1.75 bits per heavy atom. The fourth-order valence-electron chi connectivity index (χ4n) is 1.64. The van der Waals surface area contributed by atoms with Gasteiger partial charge in [0.2, 0.25) is 0 Å². The van der Waals surface area contributed by atoms with E-state index in [0.717, 1.165) is 6.42 Å². The minimum atomic E-state index is 1.16. The van der Waals surface area contributed by atoms with E-state index in [1.54, 1.807) is 0 Å². The highest BCUT2D eigenvalue weighted by Crippen LogP contribution is 2.09. The number of carbonyl (C=O) groups excluding carboxylic acids is 1. The maximum Gasteiger partial charge on any atom is 0.106 e. The van der Waals surface area contributed by atoms with Crippen molar-refractivity contribution < 1.29 is 4.79 Å². The highest BCUT2D eigenvalue weighted by Gasteiger charge is 1.89. The molecule has 0 bridgehead atoms. The molecule has 112 valence electrons. The summed E-state index contributed by atoms with van der Waals surface area (Å²) in [5.74, 6) is 0. The van der Waals surface area contributed by atoms with Crippen molar-refractivity contribution in [3.8, 4) is 0 Å². The predicted octanol–water partition coefficient (Wildman–Crippen LogP) is 5.82. The van der Waals surface area contributed by atoms with E-state index in [0.29, 0.717) is 0 Å². The van der Waals surface area contributed by atoms with Crippen LogP contribution in [0.4, 0.5) is 0 Å². The van der Waals surface area contributed by atoms with Crippen LogP contribution >= 0.6 is 0 Å². The summed E-state index contributed by atoms with van der Waals surface area (Å²) in [6.07, 6.45) is 3.40. The number of aryl methyl sites for hydroxylation is 2. The van der Waals surface area contributed by atoms with E-state index in [1.165, 1.54) is 27.8 Å². The van der Waals surface area contributed by atoms with Gasteiger partial charge in [0.15, 0.2) is 0 Å². The third-order valence-corrected chi connectivity index (χ3v) is 2.88. The number of benzene rings is 1. The molecule has 0 fully saturated rings. The van der Waals surface area contributed by atoms with E-state index in [2.05, 4.69) is 78.8 Å². The zero-order valence-corrected chi connectivity index (χ0v) is 14.2. The topological polar surface area (TPSA) is 17.1 Å². The lowest BCUT2D eigenvalue weighted by Crippen LogP contribution is -1.78. The molecule has 0 aliphatic rings. The van der Waals surface area contributed by atoms with Gasteiger partial charge in [0.05, 0.1) is 0 Å². The van der Waals surface area contributed by atoms with Gasteiger partial charge in [-0.1, -0.05) is 65.1 Å². The van der Waals surface area contributed by atoms with E-state index in [4.69, 9.17) is 4.79 Å². The number of allylic oxidation sites excluding steroid dienone is 4. The normalized spacial score (nSPS) is 10.2. The predicted molar refractivity (Wildman–Crippen MR) is 91.1 cm³/mol. The molecule has 1 rings (SSSR count). The van der Waals surface area contributed by atoms with Gasteiger partial charge in [0.1, 0.15) is 6.79 Å². The van der Waals surface area contributed by atoms with Gasteiger partial charge in [-0.25, -0.2) is 0 Å². The molecule has 0 aromatic heterocycles. The molecule has 0 unspecified atom stereocenters. The number of hydrogen-bond donors (Lipinski definition) is 0. The Morgan fingerprint density at radius 1 is 1.05 bits per heavy atom. The number of carbonyl (C=O) groups is 1. The lowest BCUT2D eigenvalue weighted by molar-refractivity contribution is -0.0979. The molecule has 0 atom stereocenters. The largest absolute Gasteiger partial charge is 0.307 e. The quantitative estimate of drug-likeness (QED) is 0.621. The van der Waals surface area contributed by atoms with Crippen LogP contribution in [-0.4, -0.2) is 6.79 Å². The van der Waals surface area contributed by atoms with E-state index in [1.807, 2.05) is 6.79 Å². The lowest BCUT2D eigenvalue weighted by atomic mass is 10.1. The first-order valence-electron chi connectivity index (χ1n) is 7.00. The fraction of sp³-hybridized carbons (Fsp3) is 0.421. The standard InChI is InChI=1S/C10H18.C8H10.CH2O/c1-6-9(4)10(5)7-8(2)3;1-7-4-3-5-8(2)6-7;1-2/h7H,6H2,1-5H3;3-6H,1-2H3;1H2/b10-9-;;. The van der Waals surface area contributed by atoms with Gasteiger partial charge in [-0.3, -0.25) is 0 Å². The first-order valence-corrected chi connectivity index (χ1v) is 7.00. The van der Waals surface area contributed by atoms with Crippen LogP contribution < -0.4 is 0 Å². The molecule has 1 aromatic carbocycles. The van der Waals surface area contributed by atoms with E-state index >= 15 is 0 Å². The van der Waals surface area contributed by atoms with Crippen LogP contribution in [0.25, 0.3) is 0 Å². The minimum Gasteiger partial charge on any atom is -0.307 e. The van der Waals surface area contributed by atoms with Crippen molar-refractivity contribution in [2.45, 2.75) is 54.9 Å². The van der Waals surface area contributed by atoms with Crippen LogP contribution in [0, 0.1) is 13.8 Å². The van der Waals surface area contributed by atoms with Crippen LogP contribution in [0.3, 0.4) is 0 Å². The first-order chi connectivity index (χ1) is 9.36. The van der Waals surface area contributed by atoms with E-state index in [-0.39, 0.29) is 0 Å². The molecule has 1 aromatic rings. The van der Waals surface area contributed by atoms with Crippen LogP contribution in [0.1, 0.15) is 52.2 Å². The summed E-state index contributed by atoms with van der Waals surface area (Å²) in [4.78, 5) is 8.00. The lowest BCUT2D eigenvalue weighted by Gasteiger charge is -1.99. The number of rotatable bonds is 2. The van der Waals surface area contributed by atoms with Crippen molar-refractivity contribution in [3.63, 3.8) is 0 Å². The maximum absolute atomic E-state index is 8.00. The van der Waals surface area contributed by atoms with Gasteiger partial charge in [0.25, 0.3) is 0 Å². The second kappa shape index (κ2) is 12.4. The molecule has 0 aliphatic carbocycles. The maximum atomic E-state index is 8.00. The monoisotopic (exact) mass is 274 g/mol. The zero-order valence-electron chi connectivity index (χ0n) is 14.2. The fourth-order valence-corrected chi connectivity index (χ4v) is 1.64. The van der Waals surface area contributed by atoms with Gasteiger partial charge in [-0.05, 0) is 48.0 Å². The Balaban J connectivity index is 0. The summed E-state index contributed by atoms with van der Waals surface area (Å²) in [5, 5.41) is 0. The van der Waals surface area contributed by atoms with Gasteiger partial charge in [-0.2, -0.15) is 0 Å². The highest BCUT2D eigenvalue weighted by molar-refractivity contribution is 5.24. The summed E-state index contributed by atoms with van der Waals surface area (Å²) in [7, 11) is 0. The Kier molecular flexibility index (Phi) is 12.8. The second-order valence-corrected chi connectivity index (χ2v) is 5.20. The molecular weight excluding hydrogens is 244 g/mol. The molecule has 1 heteroatoms. The summed E-state index contributed by atoms with van der Waals surface area (Å²) in [6.45, 7) is 17.0. The molecule has 20 heavy (non-hydrogen) atoms. The van der Waals surface area contributed by atoms with Gasteiger partial charge < -0.3 is 4.79 Å². The van der Waals surface area contributed by atoms with Crippen LogP contribution in [-0.2, 0) is 4.79 Å². The average molecular weight is 274 g/mol. The molecule has 0 amide bonds. The number of hydrogen-bond acceptors (Lipinski definition) is 1. The molecule has 0 saturated carbocycles. The first kappa shape index (κ1) is 20.7. The SMILES string of the molecule is C=O.CC/C(C)=C(/C)C=C(C)C.Cc1cccc(C)c1. The molecule has 0 heterocycles. The minimum absolute atomic E-state index is 1.16. The molecule has 1 nitrogen and oxygen atoms in total. The molecule has 0 saturated heterocycles. The third kappa shape index (κ3) is 11.5. The van der Waals surface area contributed by atoms with Crippen molar-refractivity contribution in [1.29, 1.82) is 0 Å². The van der Waals surface area contributed by atoms with Crippen LogP contribution in [0.15, 0.2) is 47.1 Å². The van der Waals surface area contributed by atoms with Crippen molar-refractivity contribution in [2.24, 2.45) is 0 Å². The Labute approximate surface area is 125 Å². The highest BCUT2D eigenvalue weighted by atomic mass is 16.1. The summed E-state index contributed by atoms with van der Waals surface area (Å²) < 4.78 is 0. The van der Waals surface area contributed by atoms with Crippen LogP contribution in [0.2, 0.25) is 0 Å². The van der Waals surface area contributed by atoms with Crippen molar-refractivity contribution in [2.75, 3.05) is 0 Å². The Bertz CT molecular complexity index is 418. The Morgan fingerprint density at radius 2 is 1.50 bits per heavy atom. The molecular formula is C19H30O. The summed E-state index contributed by atoms with van der Waals surface area (Å²) >= 11 is 0. The summed E-state index contributed by atoms with van der Waals surface area (Å²) in [5.41, 5.74) is 6.96. The van der Waals surface area contributed by atoms with Crippen molar-refractivity contribution in [3.05, 3.63) is 58.2 Å². The van der Waals surface area contributed by atoms with E-state index in [9.17, 15) is 0 Å². The molecule has 0 aliphatic heterocycles. The van der Waals surface area contributed by atoms with Gasteiger partial charge in [0, 0.05) is 0 Å². The smallest absolute Gasteiger partial charge is 0.106 e. The van der Waals surface area contributed by atoms with Gasteiger partial charge >= 0.3 is 0 Å². The van der Waals surface area contributed by atoms with E-state index < -0.39 is 0 Å². The van der Waals surface area contributed by atoms with Gasteiger partial charge in [-0.15, -0.1) is 0 Å². The van der Waals surface area contributed by atoms with Crippen LogP contribution in [0.5, 0.6) is 0 Å². The summed E-state index contributed by atoms with van der Waals surface area (Å²) in [6, 6.07) is 8.45. The third-order valence-electron chi connectivity index (χ3n) is 2.88. The zero-order chi connectivity index (χ0) is 16.1.